The molecule has 2 heterocycles. The zero-order valence-corrected chi connectivity index (χ0v) is 16.7. The van der Waals surface area contributed by atoms with Crippen molar-refractivity contribution in [3.8, 4) is 0 Å². The number of amides is 1. The van der Waals surface area contributed by atoms with Crippen LogP contribution in [0.3, 0.4) is 0 Å². The molecule has 0 aromatic heterocycles. The zero-order valence-electron chi connectivity index (χ0n) is 16.7. The van der Waals surface area contributed by atoms with Gasteiger partial charge in [-0.1, -0.05) is 38.1 Å². The number of carbonyl (C=O) groups is 1. The summed E-state index contributed by atoms with van der Waals surface area (Å²) in [6.45, 7) is 9.90. The number of rotatable bonds is 7. The molecule has 2 saturated heterocycles. The molecule has 2 aliphatic heterocycles. The van der Waals surface area contributed by atoms with E-state index < -0.39 is 0 Å². The van der Waals surface area contributed by atoms with Gasteiger partial charge in [0, 0.05) is 39.9 Å². The molecule has 0 N–H and O–H groups in total. The van der Waals surface area contributed by atoms with Crippen molar-refractivity contribution in [1.82, 2.24) is 9.80 Å². The number of methoxy groups -OCH3 is 1. The smallest absolute Gasteiger partial charge is 0.230 e. The van der Waals surface area contributed by atoms with E-state index in [1.807, 2.05) is 0 Å². The fraction of sp³-hybridized carbons (Fsp3) is 0.682. The number of hydrogen-bond donors (Lipinski definition) is 0. The first-order valence-electron chi connectivity index (χ1n) is 10.1. The van der Waals surface area contributed by atoms with Crippen LogP contribution in [0.25, 0.3) is 0 Å². The summed E-state index contributed by atoms with van der Waals surface area (Å²) < 4.78 is 5.16. The molecule has 1 aromatic rings. The molecule has 2 aliphatic rings. The predicted octanol–water partition coefficient (Wildman–Crippen LogP) is 3.66. The second-order valence-electron chi connectivity index (χ2n) is 8.38. The van der Waals surface area contributed by atoms with Gasteiger partial charge in [0.2, 0.25) is 5.91 Å². The third-order valence-electron chi connectivity index (χ3n) is 6.10. The number of hydrogen-bond acceptors (Lipinski definition) is 3. The molecule has 0 saturated carbocycles. The van der Waals surface area contributed by atoms with Gasteiger partial charge in [0.15, 0.2) is 0 Å². The first-order valence-corrected chi connectivity index (χ1v) is 10.1. The van der Waals surface area contributed by atoms with Gasteiger partial charge in [-0.3, -0.25) is 4.79 Å². The maximum atomic E-state index is 13.3. The van der Waals surface area contributed by atoms with Gasteiger partial charge in [-0.15, -0.1) is 0 Å². The first kappa shape index (κ1) is 19.4. The Kier molecular flexibility index (Phi) is 6.36. The Labute approximate surface area is 158 Å². The average Bonchev–Trinajstić information content (AvgIpc) is 3.04. The van der Waals surface area contributed by atoms with Crippen molar-refractivity contribution in [3.63, 3.8) is 0 Å². The number of ether oxygens (including phenoxy) is 1. The van der Waals surface area contributed by atoms with Gasteiger partial charge in [-0.2, -0.15) is 0 Å². The summed E-state index contributed by atoms with van der Waals surface area (Å²) in [4.78, 5) is 17.8. The monoisotopic (exact) mass is 358 g/mol. The van der Waals surface area contributed by atoms with Crippen LogP contribution in [0.1, 0.15) is 56.6 Å². The lowest BCUT2D eigenvalue weighted by atomic mass is 9.78. The van der Waals surface area contributed by atoms with E-state index >= 15 is 0 Å². The summed E-state index contributed by atoms with van der Waals surface area (Å²) >= 11 is 0. The number of piperidine rings is 1. The maximum absolute atomic E-state index is 13.3. The van der Waals surface area contributed by atoms with Crippen LogP contribution in [-0.2, 0) is 16.1 Å². The maximum Gasteiger partial charge on any atom is 0.230 e. The molecule has 2 fully saturated rings. The summed E-state index contributed by atoms with van der Waals surface area (Å²) in [5.74, 6) is 0.928. The van der Waals surface area contributed by atoms with Gasteiger partial charge in [0.05, 0.1) is 5.41 Å². The SMILES string of the molecule is COCCCN1CCC2(CCCN(Cc3ccc(C(C)C)cc3)C2=O)C1. The number of carbonyl (C=O) groups excluding carboxylic acids is 1. The summed E-state index contributed by atoms with van der Waals surface area (Å²) in [5, 5.41) is 0. The molecule has 1 amide bonds. The topological polar surface area (TPSA) is 32.8 Å². The van der Waals surface area contributed by atoms with Crippen molar-refractivity contribution < 1.29 is 9.53 Å². The van der Waals surface area contributed by atoms with Crippen LogP contribution in [0.4, 0.5) is 0 Å². The molecule has 1 aromatic carbocycles. The van der Waals surface area contributed by atoms with Crippen LogP contribution < -0.4 is 0 Å². The minimum Gasteiger partial charge on any atom is -0.385 e. The molecule has 1 atom stereocenters. The summed E-state index contributed by atoms with van der Waals surface area (Å²) in [7, 11) is 1.75. The minimum absolute atomic E-state index is 0.136. The molecule has 144 valence electrons. The quantitative estimate of drug-likeness (QED) is 0.697. The third-order valence-corrected chi connectivity index (χ3v) is 6.10. The van der Waals surface area contributed by atoms with E-state index in [2.05, 4.69) is 47.9 Å². The Hall–Kier alpha value is -1.39. The Morgan fingerprint density at radius 1 is 1.15 bits per heavy atom. The highest BCUT2D eigenvalue weighted by Gasteiger charge is 2.47. The molecule has 0 bridgehead atoms. The van der Waals surface area contributed by atoms with Crippen molar-refractivity contribution in [3.05, 3.63) is 35.4 Å². The van der Waals surface area contributed by atoms with Crippen molar-refractivity contribution in [2.75, 3.05) is 39.9 Å². The van der Waals surface area contributed by atoms with Crippen LogP contribution in [-0.4, -0.2) is 55.6 Å². The van der Waals surface area contributed by atoms with Gasteiger partial charge in [-0.05, 0) is 49.3 Å². The number of nitrogens with zero attached hydrogens (tertiary/aromatic N) is 2. The first-order chi connectivity index (χ1) is 12.5. The zero-order chi connectivity index (χ0) is 18.6. The van der Waals surface area contributed by atoms with Gasteiger partial charge < -0.3 is 14.5 Å². The highest BCUT2D eigenvalue weighted by atomic mass is 16.5. The van der Waals surface area contributed by atoms with Crippen molar-refractivity contribution in [1.29, 1.82) is 0 Å². The van der Waals surface area contributed by atoms with Gasteiger partial charge in [-0.25, -0.2) is 0 Å². The highest BCUT2D eigenvalue weighted by molar-refractivity contribution is 5.84. The Morgan fingerprint density at radius 2 is 1.92 bits per heavy atom. The van der Waals surface area contributed by atoms with E-state index in [0.717, 1.165) is 65.0 Å². The standard InChI is InChI=1S/C22H34N2O2/c1-18(2)20-8-6-19(7-9-20)16-24-13-4-10-22(21(24)25)11-14-23(17-22)12-5-15-26-3/h6-9,18H,4-5,10-17H2,1-3H3. The molecule has 4 heteroatoms. The second kappa shape index (κ2) is 8.53. The van der Waals surface area contributed by atoms with Gasteiger partial charge in [0.25, 0.3) is 0 Å². The molecule has 1 spiro atoms. The largest absolute Gasteiger partial charge is 0.385 e. The average molecular weight is 359 g/mol. The second-order valence-corrected chi connectivity index (χ2v) is 8.38. The fourth-order valence-electron chi connectivity index (χ4n) is 4.49. The van der Waals surface area contributed by atoms with E-state index in [1.54, 1.807) is 7.11 Å². The summed E-state index contributed by atoms with van der Waals surface area (Å²) in [6.07, 6.45) is 4.24. The Bertz CT molecular complexity index is 599. The number of likely N-dealkylation sites (tertiary alicyclic amines) is 2. The lowest BCUT2D eigenvalue weighted by Gasteiger charge is -2.39. The molecular formula is C22H34N2O2. The molecule has 0 radical (unpaired) electrons. The molecule has 4 nitrogen and oxygen atoms in total. The molecule has 3 rings (SSSR count). The third kappa shape index (κ3) is 4.29. The van der Waals surface area contributed by atoms with E-state index in [-0.39, 0.29) is 5.41 Å². The molecular weight excluding hydrogens is 324 g/mol. The predicted molar refractivity (Wildman–Crippen MR) is 105 cm³/mol. The van der Waals surface area contributed by atoms with E-state index in [1.165, 1.54) is 11.1 Å². The lowest BCUT2D eigenvalue weighted by molar-refractivity contribution is -0.146. The summed E-state index contributed by atoms with van der Waals surface area (Å²) in [6, 6.07) is 8.79. The van der Waals surface area contributed by atoms with Gasteiger partial charge >= 0.3 is 0 Å². The minimum atomic E-state index is -0.136. The van der Waals surface area contributed by atoms with E-state index in [4.69, 9.17) is 4.74 Å². The van der Waals surface area contributed by atoms with Crippen molar-refractivity contribution in [2.24, 2.45) is 5.41 Å². The Morgan fingerprint density at radius 3 is 2.62 bits per heavy atom. The molecule has 1 unspecified atom stereocenters. The van der Waals surface area contributed by atoms with E-state index in [0.29, 0.717) is 11.8 Å². The normalized spacial score (nSPS) is 24.2. The summed E-state index contributed by atoms with van der Waals surface area (Å²) in [5.41, 5.74) is 2.47. The molecule has 26 heavy (non-hydrogen) atoms. The van der Waals surface area contributed by atoms with Gasteiger partial charge in [0.1, 0.15) is 0 Å². The lowest BCUT2D eigenvalue weighted by Crippen LogP contribution is -2.49. The fourth-order valence-corrected chi connectivity index (χ4v) is 4.49. The highest BCUT2D eigenvalue weighted by Crippen LogP contribution is 2.40. The Balaban J connectivity index is 1.61. The number of benzene rings is 1. The van der Waals surface area contributed by atoms with E-state index in [9.17, 15) is 4.79 Å². The van der Waals surface area contributed by atoms with Crippen LogP contribution in [0.5, 0.6) is 0 Å². The van der Waals surface area contributed by atoms with Crippen LogP contribution in [0, 0.1) is 5.41 Å². The van der Waals surface area contributed by atoms with Crippen molar-refractivity contribution in [2.45, 2.75) is 52.0 Å². The van der Waals surface area contributed by atoms with Crippen LogP contribution >= 0.6 is 0 Å². The van der Waals surface area contributed by atoms with Crippen LogP contribution in [0.2, 0.25) is 0 Å². The van der Waals surface area contributed by atoms with Crippen LogP contribution in [0.15, 0.2) is 24.3 Å². The van der Waals surface area contributed by atoms with Crippen molar-refractivity contribution >= 4 is 5.91 Å². The molecule has 0 aliphatic carbocycles.